The number of fused-ring (bicyclic) bond motifs is 2. The molecular weight excluding hydrogens is 737 g/mol. The number of hydrogen-bond donors (Lipinski definition) is 5. The number of amides is 2. The van der Waals surface area contributed by atoms with Crippen molar-refractivity contribution in [2.75, 3.05) is 43.0 Å². The quantitative estimate of drug-likeness (QED) is 0.0503. The van der Waals surface area contributed by atoms with Gasteiger partial charge in [-0.05, 0) is 93.8 Å². The molecule has 59 heavy (non-hydrogen) atoms. The Bertz CT molecular complexity index is 1760. The van der Waals surface area contributed by atoms with Crippen molar-refractivity contribution in [2.45, 2.75) is 148 Å². The van der Waals surface area contributed by atoms with Gasteiger partial charge in [-0.15, -0.1) is 0 Å². The second-order valence-corrected chi connectivity index (χ2v) is 17.7. The molecule has 0 saturated carbocycles. The van der Waals surface area contributed by atoms with E-state index >= 15 is 0 Å². The summed E-state index contributed by atoms with van der Waals surface area (Å²) < 4.78 is 0. The second-order valence-electron chi connectivity index (χ2n) is 17.7. The van der Waals surface area contributed by atoms with Crippen molar-refractivity contribution in [3.63, 3.8) is 0 Å². The van der Waals surface area contributed by atoms with Gasteiger partial charge in [0.15, 0.2) is 0 Å². The van der Waals surface area contributed by atoms with Crippen LogP contribution in [0.5, 0.6) is 0 Å². The first kappa shape index (κ1) is 47.3. The Labute approximate surface area is 355 Å². The maximum atomic E-state index is 13.1. The Balaban J connectivity index is 1.20. The van der Waals surface area contributed by atoms with Crippen LogP contribution < -0.4 is 31.1 Å². The van der Waals surface area contributed by atoms with Crippen molar-refractivity contribution >= 4 is 29.2 Å². The average Bonchev–Trinajstić information content (AvgIpc) is 3.53. The van der Waals surface area contributed by atoms with E-state index in [4.69, 9.17) is 0 Å². The number of carbonyl (C=O) groups is 3. The van der Waals surface area contributed by atoms with Crippen LogP contribution in [-0.2, 0) is 25.2 Å². The average molecular weight is 811 g/mol. The lowest BCUT2D eigenvalue weighted by Crippen LogP contribution is -2.51. The summed E-state index contributed by atoms with van der Waals surface area (Å²) >= 11 is 0. The summed E-state index contributed by atoms with van der Waals surface area (Å²) in [6.07, 6.45) is 18.4. The molecule has 3 unspecified atom stereocenters. The van der Waals surface area contributed by atoms with E-state index in [1.165, 1.54) is 28.2 Å². The molecule has 5 N–H and O–H groups in total. The number of rotatable bonds is 25. The van der Waals surface area contributed by atoms with Crippen LogP contribution in [0.15, 0.2) is 84.6 Å². The zero-order valence-electron chi connectivity index (χ0n) is 37.3. The summed E-state index contributed by atoms with van der Waals surface area (Å²) in [6, 6.07) is 16.3. The first-order chi connectivity index (χ1) is 28.2. The molecule has 2 aromatic rings. The minimum absolute atomic E-state index is 0.0458. The first-order valence-electron chi connectivity index (χ1n) is 22.2. The number of para-hydroxylation sites is 2. The lowest BCUT2D eigenvalue weighted by Gasteiger charge is -2.32. The molecule has 0 aromatic heterocycles. The van der Waals surface area contributed by atoms with Gasteiger partial charge >= 0.3 is 5.97 Å². The highest BCUT2D eigenvalue weighted by Gasteiger charge is 2.42. The van der Waals surface area contributed by atoms with Crippen LogP contribution in [-0.4, -0.2) is 80.3 Å². The van der Waals surface area contributed by atoms with Crippen LogP contribution in [0.25, 0.3) is 0 Å². The molecule has 2 aliphatic heterocycles. The molecule has 10 nitrogen and oxygen atoms in total. The molecule has 3 atom stereocenters. The summed E-state index contributed by atoms with van der Waals surface area (Å²) in [4.78, 5) is 42.5. The molecule has 2 aromatic carbocycles. The van der Waals surface area contributed by atoms with Gasteiger partial charge in [-0.3, -0.25) is 9.59 Å². The third kappa shape index (κ3) is 13.0. The van der Waals surface area contributed by atoms with Crippen molar-refractivity contribution in [2.24, 2.45) is 0 Å². The Morgan fingerprint density at radius 1 is 0.797 bits per heavy atom. The summed E-state index contributed by atoms with van der Waals surface area (Å²) in [5, 5.41) is 22.1. The standard InChI is InChI=1S/C49H74N6O4/c1-9-50-33-21-19-27-40(47(58)59)53-46(57)39(52-36(2)3)26-20-22-34-51-45(56)32-14-11-23-35-55-42-29-18-16-25-38(42)49(6,7)44(55)31-13-10-12-30-43-48(4,5)37-24-15-17-28-41(37)54(43)8/h10,12-13,15-18,24-25,28-31,36,39-40,44,50,52H,9,11,14,19-23,26-27,32-35H2,1-8H3,(H,51,56)(H,53,57)(H,58,59)/b12-10+,31-13?,43-30+. The van der Waals surface area contributed by atoms with Crippen LogP contribution >= 0.6 is 0 Å². The number of anilines is 2. The second kappa shape index (κ2) is 22.8. The number of allylic oxidation sites excluding steroid dienone is 5. The Morgan fingerprint density at radius 3 is 2.14 bits per heavy atom. The molecule has 0 aliphatic carbocycles. The zero-order valence-corrected chi connectivity index (χ0v) is 37.3. The van der Waals surface area contributed by atoms with Crippen LogP contribution in [0, 0.1) is 0 Å². The maximum Gasteiger partial charge on any atom is 0.326 e. The number of carbonyl (C=O) groups excluding carboxylic acids is 2. The molecule has 10 heteroatoms. The fraction of sp³-hybridized carbons (Fsp3) is 0.571. The fourth-order valence-corrected chi connectivity index (χ4v) is 8.79. The van der Waals surface area contributed by atoms with Crippen molar-refractivity contribution in [3.8, 4) is 0 Å². The molecule has 0 saturated heterocycles. The van der Waals surface area contributed by atoms with Gasteiger partial charge in [0.1, 0.15) is 6.04 Å². The molecule has 324 valence electrons. The van der Waals surface area contributed by atoms with Crippen molar-refractivity contribution in [1.29, 1.82) is 0 Å². The highest BCUT2D eigenvalue weighted by atomic mass is 16.4. The number of carboxylic acid groups (broad SMARTS) is 1. The van der Waals surface area contributed by atoms with E-state index in [0.717, 1.165) is 64.6 Å². The van der Waals surface area contributed by atoms with Gasteiger partial charge in [0.2, 0.25) is 11.8 Å². The van der Waals surface area contributed by atoms with Crippen LogP contribution in [0.4, 0.5) is 11.4 Å². The molecule has 2 aliphatic rings. The van der Waals surface area contributed by atoms with Gasteiger partial charge in [0.05, 0.1) is 12.1 Å². The zero-order chi connectivity index (χ0) is 43.0. The first-order valence-corrected chi connectivity index (χ1v) is 22.2. The molecular formula is C49H74N6O4. The summed E-state index contributed by atoms with van der Waals surface area (Å²) in [5.74, 6) is -1.22. The molecule has 2 amide bonds. The van der Waals surface area contributed by atoms with Crippen LogP contribution in [0.1, 0.15) is 124 Å². The smallest absolute Gasteiger partial charge is 0.326 e. The van der Waals surface area contributed by atoms with E-state index in [9.17, 15) is 19.5 Å². The Hall–Kier alpha value is -4.41. The third-order valence-electron chi connectivity index (χ3n) is 12.0. The van der Waals surface area contributed by atoms with E-state index in [1.54, 1.807) is 0 Å². The van der Waals surface area contributed by atoms with Gasteiger partial charge in [-0.1, -0.05) is 116 Å². The topological polar surface area (TPSA) is 126 Å². The third-order valence-corrected chi connectivity index (χ3v) is 12.0. The largest absolute Gasteiger partial charge is 0.480 e. The highest BCUT2D eigenvalue weighted by molar-refractivity contribution is 5.87. The monoisotopic (exact) mass is 811 g/mol. The molecule has 0 radical (unpaired) electrons. The predicted molar refractivity (Wildman–Crippen MR) is 244 cm³/mol. The van der Waals surface area contributed by atoms with Crippen molar-refractivity contribution in [3.05, 3.63) is 95.7 Å². The van der Waals surface area contributed by atoms with E-state index in [0.29, 0.717) is 25.8 Å². The molecule has 0 bridgehead atoms. The predicted octanol–water partition coefficient (Wildman–Crippen LogP) is 8.14. The fourth-order valence-electron chi connectivity index (χ4n) is 8.79. The number of benzene rings is 2. The molecule has 0 spiro atoms. The van der Waals surface area contributed by atoms with Gasteiger partial charge in [0, 0.05) is 60.5 Å². The molecule has 0 fully saturated rings. The molecule has 4 rings (SSSR count). The van der Waals surface area contributed by atoms with Gasteiger partial charge < -0.3 is 36.2 Å². The summed E-state index contributed by atoms with van der Waals surface area (Å²) in [7, 11) is 2.15. The summed E-state index contributed by atoms with van der Waals surface area (Å²) in [5.41, 5.74) is 6.48. The van der Waals surface area contributed by atoms with E-state index in [-0.39, 0.29) is 34.7 Å². The lowest BCUT2D eigenvalue weighted by molar-refractivity contribution is -0.142. The van der Waals surface area contributed by atoms with Gasteiger partial charge in [-0.2, -0.15) is 0 Å². The normalized spacial score (nSPS) is 18.5. The van der Waals surface area contributed by atoms with Gasteiger partial charge in [-0.25, -0.2) is 4.79 Å². The Kier molecular flexibility index (Phi) is 18.3. The summed E-state index contributed by atoms with van der Waals surface area (Å²) in [6.45, 7) is 18.4. The van der Waals surface area contributed by atoms with E-state index in [2.05, 4.69) is 145 Å². The number of hydrogen-bond acceptors (Lipinski definition) is 7. The number of unbranched alkanes of at least 4 members (excludes halogenated alkanes) is 4. The van der Waals surface area contributed by atoms with Crippen LogP contribution in [0.3, 0.4) is 0 Å². The number of nitrogens with zero attached hydrogens (tertiary/aromatic N) is 2. The Morgan fingerprint density at radius 2 is 1.46 bits per heavy atom. The number of nitrogens with one attached hydrogen (secondary N) is 4. The number of likely N-dealkylation sites (N-methyl/N-ethyl adjacent to an activating group) is 1. The minimum Gasteiger partial charge on any atom is -0.480 e. The van der Waals surface area contributed by atoms with Crippen molar-refractivity contribution < 1.29 is 19.5 Å². The lowest BCUT2D eigenvalue weighted by atomic mass is 9.80. The SMILES string of the molecule is CCNCCCCC(NC(=O)C(CCCCNC(=O)CCCCCN1c2ccccc2C(C)(C)C1C=C/C=C/C=C1/N(C)c2ccccc2C1(C)C)NC(C)C)C(=O)O. The molecule has 2 heterocycles. The number of aliphatic carboxylic acids is 1. The highest BCUT2D eigenvalue weighted by Crippen LogP contribution is 2.47. The van der Waals surface area contributed by atoms with Crippen LogP contribution in [0.2, 0.25) is 0 Å². The van der Waals surface area contributed by atoms with Crippen molar-refractivity contribution in [1.82, 2.24) is 21.3 Å². The maximum absolute atomic E-state index is 13.1. The van der Waals surface area contributed by atoms with E-state index in [1.807, 2.05) is 20.8 Å². The minimum atomic E-state index is -1.00. The number of carboxylic acids is 1. The van der Waals surface area contributed by atoms with E-state index < -0.39 is 18.1 Å². The van der Waals surface area contributed by atoms with Gasteiger partial charge in [0.25, 0.3) is 0 Å².